The zero-order valence-electron chi connectivity index (χ0n) is 10.3. The van der Waals surface area contributed by atoms with Crippen LogP contribution in [0.1, 0.15) is 41.3 Å². The topological polar surface area (TPSA) is 78.6 Å². The Kier molecular flexibility index (Phi) is 3.04. The Bertz CT molecular complexity index is 527. The first-order valence-electron chi connectivity index (χ1n) is 6.37. The first kappa shape index (κ1) is 12.3. The number of nitroso groups, excluding NO2 is 1. The summed E-state index contributed by atoms with van der Waals surface area (Å²) in [4.78, 5) is 28.5. The maximum Gasteiger partial charge on any atom is 0.335 e. The summed E-state index contributed by atoms with van der Waals surface area (Å²) in [7, 11) is 0. The van der Waals surface area contributed by atoms with Crippen molar-refractivity contribution in [3.63, 3.8) is 0 Å². The fourth-order valence-electron chi connectivity index (χ4n) is 2.47. The zero-order valence-corrected chi connectivity index (χ0v) is 10.3. The van der Waals surface area contributed by atoms with E-state index in [2.05, 4.69) is 5.48 Å². The van der Waals surface area contributed by atoms with Crippen LogP contribution in [0.3, 0.4) is 0 Å². The van der Waals surface area contributed by atoms with E-state index in [4.69, 9.17) is 9.94 Å². The molecule has 0 radical (unpaired) electrons. The van der Waals surface area contributed by atoms with E-state index in [9.17, 15) is 9.70 Å². The standard InChI is InChI=1S/C13H14N2O4/c16-13(17)10-6-2-5-9(7-10)11-14-19-12(15(11)18)8-3-1-4-8/h2,5-8,11-12,14H,1,3-4H2/p+1. The monoisotopic (exact) mass is 263 g/mol. The van der Waals surface area contributed by atoms with E-state index in [0.717, 1.165) is 24.0 Å². The van der Waals surface area contributed by atoms with Gasteiger partial charge < -0.3 is 5.11 Å². The van der Waals surface area contributed by atoms with Crippen LogP contribution >= 0.6 is 0 Å². The third-order valence-electron chi connectivity index (χ3n) is 3.81. The van der Waals surface area contributed by atoms with Crippen molar-refractivity contribution in [2.24, 2.45) is 5.92 Å². The van der Waals surface area contributed by atoms with Crippen molar-refractivity contribution in [1.29, 1.82) is 0 Å². The van der Waals surface area contributed by atoms with E-state index < -0.39 is 18.4 Å². The molecular formula is C13H15N2O4+. The van der Waals surface area contributed by atoms with Gasteiger partial charge in [0.15, 0.2) is 0 Å². The van der Waals surface area contributed by atoms with Crippen molar-refractivity contribution in [2.45, 2.75) is 31.7 Å². The largest absolute Gasteiger partial charge is 0.478 e. The average molecular weight is 263 g/mol. The van der Waals surface area contributed by atoms with Gasteiger partial charge in [-0.2, -0.15) is 0 Å². The SMILES string of the molecule is O=C(O)c1cccc(C2NOC(C3CCC3)[N+]2=O)c1. The van der Waals surface area contributed by atoms with Crippen molar-refractivity contribution in [2.75, 3.05) is 0 Å². The molecule has 2 N–H and O–H groups in total. The van der Waals surface area contributed by atoms with E-state index in [1.165, 1.54) is 12.1 Å². The molecule has 2 aliphatic rings. The van der Waals surface area contributed by atoms with Gasteiger partial charge in [0, 0.05) is 10.5 Å². The van der Waals surface area contributed by atoms with Gasteiger partial charge in [-0.25, -0.2) is 9.63 Å². The molecule has 1 aromatic rings. The normalized spacial score (nSPS) is 27.3. The molecule has 1 saturated carbocycles. The molecular weight excluding hydrogens is 248 g/mol. The molecule has 19 heavy (non-hydrogen) atoms. The van der Waals surface area contributed by atoms with Crippen molar-refractivity contribution < 1.29 is 19.5 Å². The van der Waals surface area contributed by atoms with Crippen LogP contribution in [0.4, 0.5) is 0 Å². The van der Waals surface area contributed by atoms with E-state index in [1.54, 1.807) is 12.1 Å². The highest BCUT2D eigenvalue weighted by molar-refractivity contribution is 5.87. The minimum absolute atomic E-state index is 0.166. The number of benzene rings is 1. The molecule has 0 aromatic heterocycles. The predicted molar refractivity (Wildman–Crippen MR) is 65.1 cm³/mol. The van der Waals surface area contributed by atoms with Crippen LogP contribution in [0.5, 0.6) is 0 Å². The molecule has 0 amide bonds. The number of nitrogens with zero attached hydrogens (tertiary/aromatic N) is 1. The summed E-state index contributed by atoms with van der Waals surface area (Å²) < 4.78 is 0.894. The second kappa shape index (κ2) is 4.71. The van der Waals surface area contributed by atoms with Gasteiger partial charge in [0.25, 0.3) is 0 Å². The number of carboxylic acids is 1. The molecule has 0 bridgehead atoms. The van der Waals surface area contributed by atoms with Gasteiger partial charge >= 0.3 is 18.4 Å². The van der Waals surface area contributed by atoms with E-state index in [0.29, 0.717) is 5.56 Å². The predicted octanol–water partition coefficient (Wildman–Crippen LogP) is 1.82. The molecule has 1 aromatic carbocycles. The van der Waals surface area contributed by atoms with Crippen LogP contribution in [0.15, 0.2) is 24.3 Å². The molecule has 6 heteroatoms. The average Bonchev–Trinajstić information content (AvgIpc) is 2.70. The van der Waals surface area contributed by atoms with E-state index >= 15 is 0 Å². The highest BCUT2D eigenvalue weighted by Crippen LogP contribution is 2.36. The van der Waals surface area contributed by atoms with Crippen LogP contribution in [0.25, 0.3) is 0 Å². The summed E-state index contributed by atoms with van der Waals surface area (Å²) in [6, 6.07) is 6.35. The third kappa shape index (κ3) is 2.13. The van der Waals surface area contributed by atoms with Gasteiger partial charge in [0.05, 0.1) is 16.2 Å². The van der Waals surface area contributed by atoms with Crippen LogP contribution in [0.2, 0.25) is 0 Å². The van der Waals surface area contributed by atoms with Crippen molar-refractivity contribution in [3.8, 4) is 0 Å². The van der Waals surface area contributed by atoms with Gasteiger partial charge in [-0.3, -0.25) is 0 Å². The summed E-state index contributed by atoms with van der Waals surface area (Å²) in [5, 5.41) is 8.96. The van der Waals surface area contributed by atoms with Crippen molar-refractivity contribution >= 4 is 5.97 Å². The van der Waals surface area contributed by atoms with Crippen molar-refractivity contribution in [1.82, 2.24) is 5.48 Å². The third-order valence-corrected chi connectivity index (χ3v) is 3.81. The van der Waals surface area contributed by atoms with Gasteiger partial charge in [0.2, 0.25) is 0 Å². The molecule has 6 nitrogen and oxygen atoms in total. The molecule has 100 valence electrons. The lowest BCUT2D eigenvalue weighted by Crippen LogP contribution is -2.33. The molecule has 2 unspecified atom stereocenters. The zero-order chi connectivity index (χ0) is 13.4. The van der Waals surface area contributed by atoms with Crippen LogP contribution < -0.4 is 5.48 Å². The highest BCUT2D eigenvalue weighted by atomic mass is 16.7. The molecule has 2 fully saturated rings. The Morgan fingerprint density at radius 1 is 1.42 bits per heavy atom. The molecule has 1 saturated heterocycles. The molecule has 1 heterocycles. The number of carboxylic acid groups (broad SMARTS) is 1. The Morgan fingerprint density at radius 3 is 2.84 bits per heavy atom. The maximum atomic E-state index is 12.2. The Labute approximate surface area is 109 Å². The fourth-order valence-corrected chi connectivity index (χ4v) is 2.47. The minimum atomic E-state index is -1.01. The highest BCUT2D eigenvalue weighted by Gasteiger charge is 2.50. The van der Waals surface area contributed by atoms with Gasteiger partial charge in [-0.1, -0.05) is 18.6 Å². The van der Waals surface area contributed by atoms with Crippen LogP contribution in [-0.4, -0.2) is 22.1 Å². The fraction of sp³-hybridized carbons (Fsp3) is 0.462. The second-order valence-corrected chi connectivity index (χ2v) is 5.01. The number of hydroxylamine groups is 1. The number of hydrogen-bond donors (Lipinski definition) is 2. The van der Waals surface area contributed by atoms with Crippen molar-refractivity contribution in [3.05, 3.63) is 40.3 Å². The summed E-state index contributed by atoms with van der Waals surface area (Å²) in [5.41, 5.74) is 3.48. The van der Waals surface area contributed by atoms with E-state index in [-0.39, 0.29) is 11.5 Å². The summed E-state index contributed by atoms with van der Waals surface area (Å²) in [5.74, 6) is -0.730. The summed E-state index contributed by atoms with van der Waals surface area (Å²) >= 11 is 0. The van der Waals surface area contributed by atoms with E-state index in [1.807, 2.05) is 0 Å². The Morgan fingerprint density at radius 2 is 2.21 bits per heavy atom. The number of hydrogen-bond acceptors (Lipinski definition) is 4. The van der Waals surface area contributed by atoms with Gasteiger partial charge in [-0.05, 0) is 25.0 Å². The molecule has 1 aliphatic carbocycles. The lowest BCUT2D eigenvalue weighted by Gasteiger charge is -2.23. The Balaban J connectivity index is 1.81. The smallest absolute Gasteiger partial charge is 0.335 e. The van der Waals surface area contributed by atoms with Crippen LogP contribution in [0, 0.1) is 10.8 Å². The minimum Gasteiger partial charge on any atom is -0.478 e. The summed E-state index contributed by atoms with van der Waals surface area (Å²) in [6.45, 7) is 0. The van der Waals surface area contributed by atoms with Gasteiger partial charge in [0.1, 0.15) is 0 Å². The first-order chi connectivity index (χ1) is 9.16. The van der Waals surface area contributed by atoms with Gasteiger partial charge in [-0.15, -0.1) is 5.48 Å². The number of carbonyl (C=O) groups is 1. The van der Waals surface area contributed by atoms with Crippen LogP contribution in [-0.2, 0) is 4.84 Å². The number of rotatable bonds is 3. The lowest BCUT2D eigenvalue weighted by molar-refractivity contribution is -0.634. The molecule has 2 atom stereocenters. The molecule has 1 aliphatic heterocycles. The molecule has 0 spiro atoms. The quantitative estimate of drug-likeness (QED) is 0.813. The molecule has 3 rings (SSSR count). The number of aromatic carboxylic acids is 1. The Hall–Kier alpha value is -1.79. The second-order valence-electron chi connectivity index (χ2n) is 5.01. The lowest BCUT2D eigenvalue weighted by atomic mass is 9.84. The maximum absolute atomic E-state index is 12.2. The first-order valence-corrected chi connectivity index (χ1v) is 6.37. The summed E-state index contributed by atoms with van der Waals surface area (Å²) in [6.07, 6.45) is 2.05. The number of nitrogens with one attached hydrogen (secondary N) is 1.